The average Bonchev–Trinajstić information content (AvgIpc) is 2.40. The molecule has 20 heavy (non-hydrogen) atoms. The molecule has 2 nitrogen and oxygen atoms in total. The highest BCUT2D eigenvalue weighted by molar-refractivity contribution is 9.10. The second-order valence-electron chi connectivity index (χ2n) is 6.65. The van der Waals surface area contributed by atoms with Gasteiger partial charge in [-0.15, -0.1) is 0 Å². The number of rotatable bonds is 3. The summed E-state index contributed by atoms with van der Waals surface area (Å²) < 4.78 is 1.30. The van der Waals surface area contributed by atoms with Crippen LogP contribution in [0.25, 0.3) is 0 Å². The van der Waals surface area contributed by atoms with Crippen molar-refractivity contribution in [2.45, 2.75) is 43.4 Å². The maximum absolute atomic E-state index is 6.03. The molecule has 2 fully saturated rings. The summed E-state index contributed by atoms with van der Waals surface area (Å²) in [5.74, 6) is 0.713. The maximum atomic E-state index is 6.03. The molecule has 1 saturated carbocycles. The van der Waals surface area contributed by atoms with Gasteiger partial charge in [0, 0.05) is 16.4 Å². The van der Waals surface area contributed by atoms with E-state index in [1.54, 1.807) is 0 Å². The molecule has 0 atom stereocenters. The summed E-state index contributed by atoms with van der Waals surface area (Å²) in [6.07, 6.45) is 6.38. The third-order valence-electron chi connectivity index (χ3n) is 5.47. The number of piperidine rings is 1. The first-order chi connectivity index (χ1) is 9.64. The van der Waals surface area contributed by atoms with Crippen molar-refractivity contribution in [1.82, 2.24) is 4.90 Å². The zero-order valence-electron chi connectivity index (χ0n) is 12.4. The molecule has 1 heterocycles. The Morgan fingerprint density at radius 1 is 1.30 bits per heavy atom. The van der Waals surface area contributed by atoms with Crippen LogP contribution in [0.2, 0.25) is 0 Å². The Bertz CT molecular complexity index is 468. The normalized spacial score (nSPS) is 23.6. The van der Waals surface area contributed by atoms with Crippen LogP contribution in [-0.4, -0.2) is 31.6 Å². The van der Waals surface area contributed by atoms with Crippen LogP contribution in [0.15, 0.2) is 22.7 Å². The van der Waals surface area contributed by atoms with Crippen LogP contribution >= 0.6 is 15.9 Å². The first-order valence-corrected chi connectivity index (χ1v) is 8.62. The molecule has 2 aliphatic rings. The smallest absolute Gasteiger partial charge is 0.0213 e. The standard InChI is InChI=1S/C17H25BrN2/c1-20-9-5-13(6-10-20)15-4-3-14(11-16(15)18)17(12-19)7-2-8-17/h3-4,11,13H,2,5-10,12,19H2,1H3. The number of nitrogens with zero attached hydrogens (tertiary/aromatic N) is 1. The molecular formula is C17H25BrN2. The van der Waals surface area contributed by atoms with Crippen LogP contribution in [0.1, 0.15) is 49.1 Å². The SMILES string of the molecule is CN1CCC(c2ccc(C3(CN)CCC3)cc2Br)CC1. The van der Waals surface area contributed by atoms with Gasteiger partial charge in [-0.1, -0.05) is 34.5 Å². The van der Waals surface area contributed by atoms with Gasteiger partial charge in [-0.25, -0.2) is 0 Å². The summed E-state index contributed by atoms with van der Waals surface area (Å²) in [4.78, 5) is 2.43. The molecule has 0 amide bonds. The summed E-state index contributed by atoms with van der Waals surface area (Å²) in [6.45, 7) is 3.21. The minimum atomic E-state index is 0.272. The first kappa shape index (κ1) is 14.6. The molecule has 0 spiro atoms. The monoisotopic (exact) mass is 336 g/mol. The topological polar surface area (TPSA) is 29.3 Å². The van der Waals surface area contributed by atoms with Crippen LogP contribution < -0.4 is 5.73 Å². The van der Waals surface area contributed by atoms with Gasteiger partial charge >= 0.3 is 0 Å². The fourth-order valence-electron chi connectivity index (χ4n) is 3.72. The molecule has 0 radical (unpaired) electrons. The second kappa shape index (κ2) is 5.78. The Labute approximate surface area is 130 Å². The average molecular weight is 337 g/mol. The Kier molecular flexibility index (Phi) is 4.21. The van der Waals surface area contributed by atoms with Crippen molar-refractivity contribution in [3.63, 3.8) is 0 Å². The zero-order valence-corrected chi connectivity index (χ0v) is 14.0. The molecule has 3 rings (SSSR count). The predicted molar refractivity (Wildman–Crippen MR) is 88.2 cm³/mol. The summed E-state index contributed by atoms with van der Waals surface area (Å²) in [5.41, 5.74) is 9.23. The van der Waals surface area contributed by atoms with Crippen LogP contribution in [-0.2, 0) is 5.41 Å². The Morgan fingerprint density at radius 2 is 2.00 bits per heavy atom. The van der Waals surface area contributed by atoms with E-state index in [0.717, 1.165) is 6.54 Å². The van der Waals surface area contributed by atoms with Crippen LogP contribution in [0.4, 0.5) is 0 Å². The van der Waals surface area contributed by atoms with E-state index in [2.05, 4.69) is 46.1 Å². The van der Waals surface area contributed by atoms with Gasteiger partial charge < -0.3 is 10.6 Å². The number of hydrogen-bond acceptors (Lipinski definition) is 2. The maximum Gasteiger partial charge on any atom is 0.0213 e. The van der Waals surface area contributed by atoms with Gasteiger partial charge in [-0.05, 0) is 68.9 Å². The van der Waals surface area contributed by atoms with E-state index in [1.807, 2.05) is 0 Å². The third-order valence-corrected chi connectivity index (χ3v) is 6.16. The minimum Gasteiger partial charge on any atom is -0.330 e. The van der Waals surface area contributed by atoms with Crippen molar-refractivity contribution in [2.75, 3.05) is 26.7 Å². The predicted octanol–water partition coefficient (Wildman–Crippen LogP) is 3.64. The van der Waals surface area contributed by atoms with Gasteiger partial charge in [0.15, 0.2) is 0 Å². The highest BCUT2D eigenvalue weighted by Gasteiger charge is 2.37. The number of halogens is 1. The van der Waals surface area contributed by atoms with Crippen molar-refractivity contribution in [2.24, 2.45) is 5.73 Å². The lowest BCUT2D eigenvalue weighted by atomic mass is 9.64. The van der Waals surface area contributed by atoms with E-state index < -0.39 is 0 Å². The molecule has 0 aromatic heterocycles. The van der Waals surface area contributed by atoms with E-state index in [9.17, 15) is 0 Å². The lowest BCUT2D eigenvalue weighted by Gasteiger charge is -2.42. The quantitative estimate of drug-likeness (QED) is 0.912. The first-order valence-electron chi connectivity index (χ1n) is 7.83. The van der Waals surface area contributed by atoms with Crippen molar-refractivity contribution >= 4 is 15.9 Å². The molecular weight excluding hydrogens is 312 g/mol. The largest absolute Gasteiger partial charge is 0.330 e. The molecule has 1 saturated heterocycles. The lowest BCUT2D eigenvalue weighted by molar-refractivity contribution is 0.251. The van der Waals surface area contributed by atoms with E-state index in [1.165, 1.54) is 60.8 Å². The van der Waals surface area contributed by atoms with E-state index in [-0.39, 0.29) is 5.41 Å². The molecule has 0 bridgehead atoms. The van der Waals surface area contributed by atoms with Crippen LogP contribution in [0, 0.1) is 0 Å². The molecule has 1 aromatic carbocycles. The molecule has 110 valence electrons. The van der Waals surface area contributed by atoms with Crippen molar-refractivity contribution in [3.05, 3.63) is 33.8 Å². The molecule has 0 unspecified atom stereocenters. The molecule has 2 N–H and O–H groups in total. The Balaban J connectivity index is 1.81. The van der Waals surface area contributed by atoms with Gasteiger partial charge in [0.1, 0.15) is 0 Å². The molecule has 1 aliphatic heterocycles. The van der Waals surface area contributed by atoms with Gasteiger partial charge in [-0.2, -0.15) is 0 Å². The highest BCUT2D eigenvalue weighted by Crippen LogP contribution is 2.44. The van der Waals surface area contributed by atoms with Gasteiger partial charge in [0.05, 0.1) is 0 Å². The van der Waals surface area contributed by atoms with Crippen LogP contribution in [0.5, 0.6) is 0 Å². The Hall–Kier alpha value is -0.380. The van der Waals surface area contributed by atoms with E-state index in [4.69, 9.17) is 5.73 Å². The molecule has 3 heteroatoms. The highest BCUT2D eigenvalue weighted by atomic mass is 79.9. The number of likely N-dealkylation sites (tertiary alicyclic amines) is 1. The molecule has 1 aliphatic carbocycles. The minimum absolute atomic E-state index is 0.272. The summed E-state index contributed by atoms with van der Waals surface area (Å²) >= 11 is 3.82. The van der Waals surface area contributed by atoms with Gasteiger partial charge in [0.25, 0.3) is 0 Å². The third kappa shape index (κ3) is 2.56. The van der Waals surface area contributed by atoms with Crippen molar-refractivity contribution < 1.29 is 0 Å². The van der Waals surface area contributed by atoms with Gasteiger partial charge in [-0.3, -0.25) is 0 Å². The van der Waals surface area contributed by atoms with Crippen molar-refractivity contribution in [1.29, 1.82) is 0 Å². The lowest BCUT2D eigenvalue weighted by Crippen LogP contribution is -2.41. The van der Waals surface area contributed by atoms with E-state index in [0.29, 0.717) is 5.92 Å². The summed E-state index contributed by atoms with van der Waals surface area (Å²) in [5, 5.41) is 0. The Morgan fingerprint density at radius 3 is 2.50 bits per heavy atom. The van der Waals surface area contributed by atoms with Crippen LogP contribution in [0.3, 0.4) is 0 Å². The van der Waals surface area contributed by atoms with E-state index >= 15 is 0 Å². The van der Waals surface area contributed by atoms with Crippen molar-refractivity contribution in [3.8, 4) is 0 Å². The number of hydrogen-bond donors (Lipinski definition) is 1. The fraction of sp³-hybridized carbons (Fsp3) is 0.647. The summed E-state index contributed by atoms with van der Waals surface area (Å²) in [6, 6.07) is 7.04. The second-order valence-corrected chi connectivity index (χ2v) is 7.51. The fourth-order valence-corrected chi connectivity index (χ4v) is 4.42. The van der Waals surface area contributed by atoms with Gasteiger partial charge in [0.2, 0.25) is 0 Å². The molecule has 1 aromatic rings. The number of nitrogens with two attached hydrogens (primary N) is 1. The summed E-state index contributed by atoms with van der Waals surface area (Å²) in [7, 11) is 2.22. The zero-order chi connectivity index (χ0) is 14.2. The number of benzene rings is 1.